The van der Waals surface area contributed by atoms with E-state index in [1.807, 2.05) is 54.6 Å². The highest BCUT2D eigenvalue weighted by Gasteiger charge is 2.40. The molecule has 1 amide bonds. The van der Waals surface area contributed by atoms with E-state index in [-0.39, 0.29) is 29.2 Å². The van der Waals surface area contributed by atoms with Crippen LogP contribution in [0.15, 0.2) is 54.6 Å². The van der Waals surface area contributed by atoms with E-state index in [9.17, 15) is 13.2 Å². The fraction of sp³-hybridized carbons (Fsp3) is 0.536. The van der Waals surface area contributed by atoms with Crippen molar-refractivity contribution in [3.8, 4) is 5.75 Å². The Morgan fingerprint density at radius 3 is 2.37 bits per heavy atom. The molecule has 35 heavy (non-hydrogen) atoms. The lowest BCUT2D eigenvalue weighted by atomic mass is 9.83. The molecule has 2 aromatic rings. The summed E-state index contributed by atoms with van der Waals surface area (Å²) in [5.41, 5.74) is 1.91. The van der Waals surface area contributed by atoms with Crippen molar-refractivity contribution in [3.63, 3.8) is 0 Å². The van der Waals surface area contributed by atoms with E-state index < -0.39 is 10.0 Å². The molecular weight excluding hydrogens is 460 g/mol. The Morgan fingerprint density at radius 2 is 1.69 bits per heavy atom. The van der Waals surface area contributed by atoms with Crippen LogP contribution < -0.4 is 10.1 Å². The first-order valence-corrected chi connectivity index (χ1v) is 14.6. The van der Waals surface area contributed by atoms with Crippen LogP contribution in [0.3, 0.4) is 0 Å². The van der Waals surface area contributed by atoms with E-state index in [0.29, 0.717) is 32.4 Å². The number of carbonyl (C=O) groups excluding carboxylic acids is 1. The standard InChI is InChI=1S/C28H38N2O4S/c1-3-28(4-2)21-25(24-14-8-9-15-26(24)34-28)29-27(31)23-16-18-30(19-17-23)35(32,33)20-10-13-22-11-6-5-7-12-22/h5-9,11-12,14-15,23,25H,3-4,10,13,16-21H2,1-2H3,(H,29,31)/t25-/m0/s1. The smallest absolute Gasteiger partial charge is 0.223 e. The third-order valence-corrected chi connectivity index (χ3v) is 9.69. The lowest BCUT2D eigenvalue weighted by Crippen LogP contribution is -2.47. The molecule has 1 saturated heterocycles. The van der Waals surface area contributed by atoms with Gasteiger partial charge in [0.2, 0.25) is 15.9 Å². The van der Waals surface area contributed by atoms with E-state index in [1.165, 1.54) is 0 Å². The van der Waals surface area contributed by atoms with Gasteiger partial charge in [-0.05, 0) is 50.2 Å². The molecule has 2 aliphatic rings. The number of carbonyl (C=O) groups is 1. The van der Waals surface area contributed by atoms with Crippen molar-refractivity contribution in [2.75, 3.05) is 18.8 Å². The number of piperidine rings is 1. The Balaban J connectivity index is 1.32. The number of nitrogens with one attached hydrogen (secondary N) is 1. The number of sulfonamides is 1. The zero-order valence-corrected chi connectivity index (χ0v) is 21.7. The second kappa shape index (κ2) is 11.1. The summed E-state index contributed by atoms with van der Waals surface area (Å²) < 4.78 is 33.6. The van der Waals surface area contributed by atoms with Crippen LogP contribution in [0.1, 0.15) is 69.5 Å². The third kappa shape index (κ3) is 6.07. The van der Waals surface area contributed by atoms with Crippen LogP contribution in [0.4, 0.5) is 0 Å². The summed E-state index contributed by atoms with van der Waals surface area (Å²) in [6.45, 7) is 5.08. The first-order chi connectivity index (χ1) is 16.9. The Morgan fingerprint density at radius 1 is 1.03 bits per heavy atom. The topological polar surface area (TPSA) is 75.7 Å². The van der Waals surface area contributed by atoms with Gasteiger partial charge in [-0.25, -0.2) is 12.7 Å². The lowest BCUT2D eigenvalue weighted by molar-refractivity contribution is -0.127. The molecule has 6 nitrogen and oxygen atoms in total. The van der Waals surface area contributed by atoms with Gasteiger partial charge in [0.1, 0.15) is 11.4 Å². The highest BCUT2D eigenvalue weighted by atomic mass is 32.2. The van der Waals surface area contributed by atoms with Gasteiger partial charge < -0.3 is 10.1 Å². The second-order valence-corrected chi connectivity index (χ2v) is 12.0. The molecule has 1 N–H and O–H groups in total. The Labute approximate surface area is 210 Å². The van der Waals surface area contributed by atoms with Gasteiger partial charge in [0, 0.05) is 31.0 Å². The van der Waals surface area contributed by atoms with E-state index in [2.05, 4.69) is 19.2 Å². The van der Waals surface area contributed by atoms with Crippen LogP contribution in [0.5, 0.6) is 5.75 Å². The Bertz CT molecular complexity index is 1090. The predicted molar refractivity (Wildman–Crippen MR) is 139 cm³/mol. The average Bonchev–Trinajstić information content (AvgIpc) is 2.89. The second-order valence-electron chi connectivity index (χ2n) is 9.87. The van der Waals surface area contributed by atoms with E-state index in [0.717, 1.165) is 42.6 Å². The number of hydrogen-bond donors (Lipinski definition) is 1. The zero-order chi connectivity index (χ0) is 24.9. The van der Waals surface area contributed by atoms with Gasteiger partial charge in [0.15, 0.2) is 0 Å². The van der Waals surface area contributed by atoms with Crippen molar-refractivity contribution < 1.29 is 17.9 Å². The van der Waals surface area contributed by atoms with Crippen LogP contribution in [-0.4, -0.2) is 43.1 Å². The van der Waals surface area contributed by atoms with Crippen molar-refractivity contribution in [3.05, 3.63) is 65.7 Å². The van der Waals surface area contributed by atoms with Gasteiger partial charge in [-0.3, -0.25) is 4.79 Å². The van der Waals surface area contributed by atoms with Gasteiger partial charge in [-0.2, -0.15) is 0 Å². The number of nitrogens with zero attached hydrogens (tertiary/aromatic N) is 1. The lowest BCUT2D eigenvalue weighted by Gasteiger charge is -2.42. The van der Waals surface area contributed by atoms with Crippen molar-refractivity contribution in [2.24, 2.45) is 5.92 Å². The van der Waals surface area contributed by atoms with Gasteiger partial charge in [0.25, 0.3) is 0 Å². The van der Waals surface area contributed by atoms with Crippen molar-refractivity contribution >= 4 is 15.9 Å². The van der Waals surface area contributed by atoms with Gasteiger partial charge >= 0.3 is 0 Å². The van der Waals surface area contributed by atoms with Crippen molar-refractivity contribution in [1.29, 1.82) is 0 Å². The van der Waals surface area contributed by atoms with Gasteiger partial charge in [-0.15, -0.1) is 0 Å². The molecule has 0 saturated carbocycles. The summed E-state index contributed by atoms with van der Waals surface area (Å²) in [5, 5.41) is 3.29. The molecule has 0 unspecified atom stereocenters. The number of para-hydroxylation sites is 1. The fourth-order valence-corrected chi connectivity index (χ4v) is 6.88. The normalized spacial score (nSPS) is 20.6. The molecule has 7 heteroatoms. The van der Waals surface area contributed by atoms with Crippen molar-refractivity contribution in [1.82, 2.24) is 9.62 Å². The van der Waals surface area contributed by atoms with E-state index in [1.54, 1.807) is 4.31 Å². The van der Waals surface area contributed by atoms with Crippen LogP contribution >= 0.6 is 0 Å². The van der Waals surface area contributed by atoms with Crippen LogP contribution in [0.2, 0.25) is 0 Å². The summed E-state index contributed by atoms with van der Waals surface area (Å²) in [6.07, 6.45) is 4.98. The number of amides is 1. The molecule has 1 fully saturated rings. The maximum atomic E-state index is 13.2. The molecule has 0 bridgehead atoms. The largest absolute Gasteiger partial charge is 0.487 e. The number of ether oxygens (including phenoxy) is 1. The third-order valence-electron chi connectivity index (χ3n) is 7.73. The summed E-state index contributed by atoms with van der Waals surface area (Å²) in [7, 11) is -3.31. The molecular formula is C28H38N2O4S. The molecule has 190 valence electrons. The highest BCUT2D eigenvalue weighted by molar-refractivity contribution is 7.89. The number of benzene rings is 2. The molecule has 2 heterocycles. The molecule has 0 aliphatic carbocycles. The predicted octanol–water partition coefficient (Wildman–Crippen LogP) is 4.86. The molecule has 0 aromatic heterocycles. The molecule has 0 radical (unpaired) electrons. The summed E-state index contributed by atoms with van der Waals surface area (Å²) in [6, 6.07) is 17.8. The van der Waals surface area contributed by atoms with Gasteiger partial charge in [0.05, 0.1) is 11.8 Å². The minimum atomic E-state index is -3.31. The average molecular weight is 499 g/mol. The molecule has 2 aromatic carbocycles. The Hall–Kier alpha value is -2.38. The Kier molecular flexibility index (Phi) is 8.17. The fourth-order valence-electron chi connectivity index (χ4n) is 5.35. The summed E-state index contributed by atoms with van der Waals surface area (Å²) in [5.74, 6) is 0.852. The minimum absolute atomic E-state index is 0.0222. The highest BCUT2D eigenvalue weighted by Crippen LogP contribution is 2.42. The maximum Gasteiger partial charge on any atom is 0.223 e. The first-order valence-electron chi connectivity index (χ1n) is 13.0. The number of hydrogen-bond acceptors (Lipinski definition) is 4. The van der Waals surface area contributed by atoms with E-state index >= 15 is 0 Å². The molecule has 1 atom stereocenters. The first kappa shape index (κ1) is 25.7. The van der Waals surface area contributed by atoms with E-state index in [4.69, 9.17) is 4.74 Å². The van der Waals surface area contributed by atoms with Gasteiger partial charge in [-0.1, -0.05) is 62.4 Å². The summed E-state index contributed by atoms with van der Waals surface area (Å²) >= 11 is 0. The van der Waals surface area contributed by atoms with Crippen LogP contribution in [0, 0.1) is 5.92 Å². The number of rotatable bonds is 9. The SMILES string of the molecule is CCC1(CC)C[C@H](NC(=O)C2CCN(S(=O)(=O)CCCc3ccccc3)CC2)c2ccccc2O1. The minimum Gasteiger partial charge on any atom is -0.487 e. The quantitative estimate of drug-likeness (QED) is 0.536. The number of fused-ring (bicyclic) bond motifs is 1. The zero-order valence-electron chi connectivity index (χ0n) is 20.9. The van der Waals surface area contributed by atoms with Crippen molar-refractivity contribution in [2.45, 2.75) is 70.4 Å². The molecule has 0 spiro atoms. The molecule has 2 aliphatic heterocycles. The molecule has 4 rings (SSSR count). The van der Waals surface area contributed by atoms with Crippen LogP contribution in [0.25, 0.3) is 0 Å². The number of aryl methyl sites for hydroxylation is 1. The monoisotopic (exact) mass is 498 g/mol. The summed E-state index contributed by atoms with van der Waals surface area (Å²) in [4.78, 5) is 13.2. The maximum absolute atomic E-state index is 13.2. The van der Waals surface area contributed by atoms with Crippen LogP contribution in [-0.2, 0) is 21.2 Å².